The van der Waals surface area contributed by atoms with Crippen LogP contribution in [0.3, 0.4) is 0 Å². The van der Waals surface area contributed by atoms with Crippen molar-refractivity contribution in [1.82, 2.24) is 10.6 Å². The highest BCUT2D eigenvalue weighted by Gasteiger charge is 1.99. The Balaban J connectivity index is 0. The van der Waals surface area contributed by atoms with Crippen molar-refractivity contribution in [2.75, 3.05) is 26.2 Å². The number of hydrogen-bond acceptors (Lipinski definition) is 6. The molecular formula is C8H16N4O6. The van der Waals surface area contributed by atoms with Gasteiger partial charge in [-0.3, -0.25) is 19.2 Å². The predicted molar refractivity (Wildman–Crippen MR) is 59.4 cm³/mol. The molecule has 0 unspecified atom stereocenters. The van der Waals surface area contributed by atoms with Gasteiger partial charge in [0, 0.05) is 0 Å². The van der Waals surface area contributed by atoms with Gasteiger partial charge < -0.3 is 32.3 Å². The van der Waals surface area contributed by atoms with E-state index in [1.54, 1.807) is 0 Å². The van der Waals surface area contributed by atoms with Crippen LogP contribution >= 0.6 is 0 Å². The van der Waals surface area contributed by atoms with Crippen molar-refractivity contribution in [2.24, 2.45) is 11.5 Å². The van der Waals surface area contributed by atoms with Crippen LogP contribution in [0, 0.1) is 0 Å². The zero-order chi connectivity index (χ0) is 14.6. The minimum absolute atomic E-state index is 0.173. The summed E-state index contributed by atoms with van der Waals surface area (Å²) in [7, 11) is 0. The molecule has 0 aliphatic heterocycles. The molecule has 8 N–H and O–H groups in total. The lowest BCUT2D eigenvalue weighted by atomic mass is 10.5. The fourth-order valence-corrected chi connectivity index (χ4v) is 0.493. The third-order valence-electron chi connectivity index (χ3n) is 1.24. The molecule has 0 saturated heterocycles. The molecule has 104 valence electrons. The largest absolute Gasteiger partial charge is 0.480 e. The highest BCUT2D eigenvalue weighted by atomic mass is 16.4. The summed E-state index contributed by atoms with van der Waals surface area (Å²) in [6.07, 6.45) is 0. The van der Waals surface area contributed by atoms with Crippen LogP contribution in [0.25, 0.3) is 0 Å². The summed E-state index contributed by atoms with van der Waals surface area (Å²) in [6.45, 7) is -1.08. The number of carbonyl (C=O) groups excluding carboxylic acids is 2. The first kappa shape index (κ1) is 18.2. The summed E-state index contributed by atoms with van der Waals surface area (Å²) >= 11 is 0. The second-order valence-electron chi connectivity index (χ2n) is 2.75. The molecule has 0 spiro atoms. The average Bonchev–Trinajstić information content (AvgIpc) is 2.33. The number of nitrogens with two attached hydrogens (primary N) is 2. The minimum Gasteiger partial charge on any atom is -0.480 e. The third-order valence-corrected chi connectivity index (χ3v) is 1.24. The number of rotatable bonds is 6. The monoisotopic (exact) mass is 264 g/mol. The average molecular weight is 264 g/mol. The van der Waals surface area contributed by atoms with Crippen LogP contribution < -0.4 is 22.1 Å². The molecule has 0 aromatic heterocycles. The predicted octanol–water partition coefficient (Wildman–Crippen LogP) is -3.71. The molecule has 0 atom stereocenters. The number of nitrogens with one attached hydrogen (secondary N) is 2. The molecule has 0 saturated carbocycles. The molecule has 0 rings (SSSR count). The number of carboxylic acid groups (broad SMARTS) is 2. The van der Waals surface area contributed by atoms with Gasteiger partial charge in [-0.1, -0.05) is 0 Å². The van der Waals surface area contributed by atoms with E-state index in [-0.39, 0.29) is 26.2 Å². The van der Waals surface area contributed by atoms with Crippen molar-refractivity contribution < 1.29 is 29.4 Å². The molecule has 0 bridgehead atoms. The van der Waals surface area contributed by atoms with Crippen LogP contribution in [0.15, 0.2) is 0 Å². The number of carbonyl (C=O) groups is 4. The van der Waals surface area contributed by atoms with E-state index in [1.165, 1.54) is 0 Å². The van der Waals surface area contributed by atoms with Crippen LogP contribution in [0.2, 0.25) is 0 Å². The quantitative estimate of drug-likeness (QED) is 0.283. The fourth-order valence-electron chi connectivity index (χ4n) is 0.493. The summed E-state index contributed by atoms with van der Waals surface area (Å²) < 4.78 is 0. The SMILES string of the molecule is NCC(=O)NCC(=O)O.NCC(=O)NCC(=O)O. The Hall–Kier alpha value is -2.20. The first-order valence-electron chi connectivity index (χ1n) is 4.70. The van der Waals surface area contributed by atoms with Crippen molar-refractivity contribution in [1.29, 1.82) is 0 Å². The Labute approximate surface area is 102 Å². The summed E-state index contributed by atoms with van der Waals surface area (Å²) in [6, 6.07) is 0. The van der Waals surface area contributed by atoms with Gasteiger partial charge in [0.25, 0.3) is 0 Å². The van der Waals surface area contributed by atoms with Gasteiger partial charge in [-0.25, -0.2) is 0 Å². The minimum atomic E-state index is -1.07. The van der Waals surface area contributed by atoms with E-state index in [2.05, 4.69) is 10.6 Å². The maximum Gasteiger partial charge on any atom is 0.322 e. The van der Waals surface area contributed by atoms with Gasteiger partial charge in [-0.2, -0.15) is 0 Å². The standard InChI is InChI=1S/2C4H8N2O3/c2*5-1-3(7)6-2-4(8)9/h2*1-2,5H2,(H,6,7)(H,8,9). The maximum atomic E-state index is 10.2. The van der Waals surface area contributed by atoms with Crippen molar-refractivity contribution in [3.63, 3.8) is 0 Å². The second kappa shape index (κ2) is 11.3. The van der Waals surface area contributed by atoms with Gasteiger partial charge in [0.05, 0.1) is 13.1 Å². The Morgan fingerprint density at radius 1 is 0.778 bits per heavy atom. The smallest absolute Gasteiger partial charge is 0.322 e. The van der Waals surface area contributed by atoms with Gasteiger partial charge in [-0.15, -0.1) is 0 Å². The number of hydrogen-bond donors (Lipinski definition) is 6. The topological polar surface area (TPSA) is 185 Å². The Morgan fingerprint density at radius 3 is 1.22 bits per heavy atom. The van der Waals surface area contributed by atoms with E-state index in [4.69, 9.17) is 21.7 Å². The molecule has 10 heteroatoms. The number of aliphatic carboxylic acids is 2. The lowest BCUT2D eigenvalue weighted by Crippen LogP contribution is -2.34. The third kappa shape index (κ3) is 16.2. The normalized spacial score (nSPS) is 8.56. The van der Waals surface area contributed by atoms with Crippen molar-refractivity contribution in [2.45, 2.75) is 0 Å². The highest BCUT2D eigenvalue weighted by molar-refractivity contribution is 5.82. The Morgan fingerprint density at radius 2 is 1.06 bits per heavy atom. The molecule has 18 heavy (non-hydrogen) atoms. The zero-order valence-electron chi connectivity index (χ0n) is 9.51. The molecule has 0 aliphatic rings. The van der Waals surface area contributed by atoms with Crippen LogP contribution in [-0.2, 0) is 19.2 Å². The molecule has 0 aromatic carbocycles. The van der Waals surface area contributed by atoms with Crippen LogP contribution in [0.4, 0.5) is 0 Å². The van der Waals surface area contributed by atoms with Gasteiger partial charge in [0.1, 0.15) is 13.1 Å². The number of carboxylic acids is 2. The second-order valence-corrected chi connectivity index (χ2v) is 2.75. The molecule has 0 radical (unpaired) electrons. The van der Waals surface area contributed by atoms with Crippen molar-refractivity contribution in [3.8, 4) is 0 Å². The lowest BCUT2D eigenvalue weighted by molar-refractivity contribution is -0.138. The maximum absolute atomic E-state index is 10.2. The Kier molecular flexibility index (Phi) is 11.4. The molecule has 2 amide bonds. The molecular weight excluding hydrogens is 248 g/mol. The van der Waals surface area contributed by atoms with E-state index in [9.17, 15) is 19.2 Å². The van der Waals surface area contributed by atoms with Crippen molar-refractivity contribution >= 4 is 23.8 Å². The number of amides is 2. The summed E-state index contributed by atoms with van der Waals surface area (Å²) in [5.41, 5.74) is 9.71. The summed E-state index contributed by atoms with van der Waals surface area (Å²) in [5.74, 6) is -3.07. The fraction of sp³-hybridized carbons (Fsp3) is 0.500. The van der Waals surface area contributed by atoms with Crippen LogP contribution in [0.5, 0.6) is 0 Å². The van der Waals surface area contributed by atoms with E-state index in [1.807, 2.05) is 0 Å². The molecule has 0 heterocycles. The van der Waals surface area contributed by atoms with E-state index in [0.717, 1.165) is 0 Å². The summed E-state index contributed by atoms with van der Waals surface area (Å²) in [5, 5.41) is 20.1. The van der Waals surface area contributed by atoms with Crippen molar-refractivity contribution in [3.05, 3.63) is 0 Å². The van der Waals surface area contributed by atoms with E-state index >= 15 is 0 Å². The highest BCUT2D eigenvalue weighted by Crippen LogP contribution is 1.61. The van der Waals surface area contributed by atoms with Gasteiger partial charge >= 0.3 is 11.9 Å². The molecule has 0 aliphatic carbocycles. The van der Waals surface area contributed by atoms with Gasteiger partial charge in [0.15, 0.2) is 0 Å². The van der Waals surface area contributed by atoms with Crippen LogP contribution in [-0.4, -0.2) is 60.1 Å². The first-order chi connectivity index (χ1) is 8.33. The van der Waals surface area contributed by atoms with E-state index < -0.39 is 23.8 Å². The first-order valence-corrected chi connectivity index (χ1v) is 4.70. The zero-order valence-corrected chi connectivity index (χ0v) is 9.51. The molecule has 10 nitrogen and oxygen atoms in total. The lowest BCUT2D eigenvalue weighted by Gasteiger charge is -1.95. The van der Waals surface area contributed by atoms with Gasteiger partial charge in [0.2, 0.25) is 11.8 Å². The van der Waals surface area contributed by atoms with Gasteiger partial charge in [-0.05, 0) is 0 Å². The van der Waals surface area contributed by atoms with Crippen LogP contribution in [0.1, 0.15) is 0 Å². The molecule has 0 aromatic rings. The molecule has 0 fully saturated rings. The Bertz CT molecular complexity index is 276. The summed E-state index contributed by atoms with van der Waals surface area (Å²) in [4.78, 5) is 40.0. The van der Waals surface area contributed by atoms with E-state index in [0.29, 0.717) is 0 Å².